The highest BCUT2D eigenvalue weighted by molar-refractivity contribution is 7.98. The van der Waals surface area contributed by atoms with E-state index in [1.165, 1.54) is 11.1 Å². The summed E-state index contributed by atoms with van der Waals surface area (Å²) in [6, 6.07) is 16.1. The zero-order valence-corrected chi connectivity index (χ0v) is 17.7. The van der Waals surface area contributed by atoms with E-state index in [1.54, 1.807) is 16.7 Å². The molecule has 2 heterocycles. The number of benzene rings is 2. The van der Waals surface area contributed by atoms with Gasteiger partial charge >= 0.3 is 0 Å². The average Bonchev–Trinajstić information content (AvgIpc) is 2.76. The van der Waals surface area contributed by atoms with Gasteiger partial charge in [-0.1, -0.05) is 48.2 Å². The quantitative estimate of drug-likeness (QED) is 0.480. The molecule has 0 saturated carbocycles. The number of aryl methyl sites for hydroxylation is 1. The van der Waals surface area contributed by atoms with Gasteiger partial charge in [-0.3, -0.25) is 9.36 Å². The van der Waals surface area contributed by atoms with E-state index in [4.69, 9.17) is 9.72 Å². The van der Waals surface area contributed by atoms with Crippen molar-refractivity contribution in [2.75, 3.05) is 32.8 Å². The minimum absolute atomic E-state index is 0.0693. The Morgan fingerprint density at radius 3 is 2.69 bits per heavy atom. The summed E-state index contributed by atoms with van der Waals surface area (Å²) in [6.45, 7) is 7.68. The summed E-state index contributed by atoms with van der Waals surface area (Å²) in [5.74, 6) is 0.812. The fraction of sp³-hybridized carbons (Fsp3) is 0.391. The maximum absolute atomic E-state index is 13.2. The van der Waals surface area contributed by atoms with Crippen molar-refractivity contribution in [3.05, 3.63) is 70.0 Å². The van der Waals surface area contributed by atoms with Gasteiger partial charge in [-0.25, -0.2) is 4.98 Å². The second-order valence-corrected chi connectivity index (χ2v) is 8.49. The van der Waals surface area contributed by atoms with Gasteiger partial charge in [-0.2, -0.15) is 0 Å². The molecule has 4 rings (SSSR count). The Bertz CT molecular complexity index is 1030. The zero-order valence-electron chi connectivity index (χ0n) is 16.9. The molecule has 0 spiro atoms. The lowest BCUT2D eigenvalue weighted by Crippen LogP contribution is -3.14. The zero-order chi connectivity index (χ0) is 20.1. The van der Waals surface area contributed by atoms with Crippen LogP contribution in [0, 0.1) is 6.92 Å². The molecule has 0 unspecified atom stereocenters. The molecule has 1 N–H and O–H groups in total. The van der Waals surface area contributed by atoms with Gasteiger partial charge in [-0.15, -0.1) is 0 Å². The van der Waals surface area contributed by atoms with Crippen LogP contribution >= 0.6 is 11.8 Å². The highest BCUT2D eigenvalue weighted by Crippen LogP contribution is 2.23. The molecule has 1 saturated heterocycles. The maximum Gasteiger partial charge on any atom is 0.262 e. The van der Waals surface area contributed by atoms with Crippen molar-refractivity contribution in [2.45, 2.75) is 30.8 Å². The fourth-order valence-corrected chi connectivity index (χ4v) is 4.87. The predicted molar refractivity (Wildman–Crippen MR) is 118 cm³/mol. The first-order valence-electron chi connectivity index (χ1n) is 10.3. The SMILES string of the molecule is Cc1ccccc1CSc1nc2ccccc2c(=O)n1CCC[NH+]1CCOCC1. The summed E-state index contributed by atoms with van der Waals surface area (Å²) in [5.41, 5.74) is 3.40. The molecule has 0 bridgehead atoms. The number of hydrogen-bond donors (Lipinski definition) is 1. The van der Waals surface area contributed by atoms with E-state index in [0.717, 1.165) is 55.7 Å². The summed E-state index contributed by atoms with van der Waals surface area (Å²) in [7, 11) is 0. The number of aromatic nitrogens is 2. The van der Waals surface area contributed by atoms with Gasteiger partial charge in [0, 0.05) is 18.7 Å². The van der Waals surface area contributed by atoms with E-state index in [9.17, 15) is 4.79 Å². The van der Waals surface area contributed by atoms with Crippen molar-refractivity contribution >= 4 is 22.7 Å². The summed E-state index contributed by atoms with van der Waals surface area (Å²) >= 11 is 1.65. The lowest BCUT2D eigenvalue weighted by atomic mass is 10.1. The van der Waals surface area contributed by atoms with Crippen LogP contribution in [-0.4, -0.2) is 42.4 Å². The van der Waals surface area contributed by atoms with Gasteiger partial charge in [-0.05, 0) is 30.2 Å². The van der Waals surface area contributed by atoms with E-state index in [-0.39, 0.29) is 5.56 Å². The number of rotatable bonds is 7. The first-order chi connectivity index (χ1) is 14.2. The maximum atomic E-state index is 13.2. The van der Waals surface area contributed by atoms with Crippen LogP contribution in [0.25, 0.3) is 10.9 Å². The Balaban J connectivity index is 1.56. The number of hydrogen-bond acceptors (Lipinski definition) is 4. The largest absolute Gasteiger partial charge is 0.370 e. The van der Waals surface area contributed by atoms with Gasteiger partial charge in [0.2, 0.25) is 0 Å². The number of nitrogens with one attached hydrogen (secondary N) is 1. The third-order valence-corrected chi connectivity index (χ3v) is 6.58. The number of fused-ring (bicyclic) bond motifs is 1. The third-order valence-electron chi connectivity index (χ3n) is 5.56. The number of nitrogens with zero attached hydrogens (tertiary/aromatic N) is 2. The lowest BCUT2D eigenvalue weighted by molar-refractivity contribution is -0.908. The van der Waals surface area contributed by atoms with Crippen molar-refractivity contribution in [1.82, 2.24) is 9.55 Å². The second-order valence-electron chi connectivity index (χ2n) is 7.55. The number of morpholine rings is 1. The molecule has 6 heteroatoms. The number of ether oxygens (including phenoxy) is 1. The van der Waals surface area contributed by atoms with Gasteiger partial charge in [0.15, 0.2) is 5.16 Å². The minimum atomic E-state index is 0.0693. The molecule has 152 valence electrons. The summed E-state index contributed by atoms with van der Waals surface area (Å²) in [6.07, 6.45) is 0.965. The Labute approximate surface area is 175 Å². The molecule has 3 aromatic rings. The van der Waals surface area contributed by atoms with Gasteiger partial charge in [0.25, 0.3) is 5.56 Å². The number of quaternary nitrogens is 1. The first kappa shape index (κ1) is 20.1. The second kappa shape index (κ2) is 9.57. The van der Waals surface area contributed by atoms with E-state index < -0.39 is 0 Å². The molecule has 0 radical (unpaired) electrons. The standard InChI is InChI=1S/C23H27N3O2S/c1-18-7-2-3-8-19(18)17-29-23-24-21-10-5-4-9-20(21)22(27)26(23)12-6-11-25-13-15-28-16-14-25/h2-5,7-10H,6,11-17H2,1H3/p+1. The van der Waals surface area contributed by atoms with Crippen LogP contribution in [0.1, 0.15) is 17.5 Å². The highest BCUT2D eigenvalue weighted by atomic mass is 32.2. The molecule has 0 aliphatic carbocycles. The normalized spacial score (nSPS) is 15.1. The third kappa shape index (κ3) is 4.89. The van der Waals surface area contributed by atoms with E-state index in [0.29, 0.717) is 11.9 Å². The van der Waals surface area contributed by atoms with Crippen LogP contribution < -0.4 is 10.5 Å². The van der Waals surface area contributed by atoms with E-state index >= 15 is 0 Å². The van der Waals surface area contributed by atoms with Crippen molar-refractivity contribution in [3.8, 4) is 0 Å². The van der Waals surface area contributed by atoms with Crippen molar-refractivity contribution < 1.29 is 9.64 Å². The molecule has 0 amide bonds. The summed E-state index contributed by atoms with van der Waals surface area (Å²) in [5, 5.41) is 1.51. The summed E-state index contributed by atoms with van der Waals surface area (Å²) < 4.78 is 7.33. The Hall–Kier alpha value is -2.15. The van der Waals surface area contributed by atoms with Crippen molar-refractivity contribution in [3.63, 3.8) is 0 Å². The Morgan fingerprint density at radius 2 is 1.86 bits per heavy atom. The Morgan fingerprint density at radius 1 is 1.10 bits per heavy atom. The van der Waals surface area contributed by atoms with Crippen molar-refractivity contribution in [1.29, 1.82) is 0 Å². The van der Waals surface area contributed by atoms with Crippen LogP contribution in [0.4, 0.5) is 0 Å². The molecule has 5 nitrogen and oxygen atoms in total. The van der Waals surface area contributed by atoms with E-state index in [1.807, 2.05) is 28.8 Å². The average molecular weight is 411 g/mol. The molecule has 1 fully saturated rings. The smallest absolute Gasteiger partial charge is 0.262 e. The number of para-hydroxylation sites is 1. The molecule has 1 aromatic heterocycles. The fourth-order valence-electron chi connectivity index (χ4n) is 3.77. The number of thioether (sulfide) groups is 1. The molecule has 1 aliphatic heterocycles. The topological polar surface area (TPSA) is 48.6 Å². The highest BCUT2D eigenvalue weighted by Gasteiger charge is 2.15. The van der Waals surface area contributed by atoms with Crippen LogP contribution in [0.15, 0.2) is 58.5 Å². The van der Waals surface area contributed by atoms with Gasteiger partial charge < -0.3 is 9.64 Å². The molecular weight excluding hydrogens is 382 g/mol. The molecule has 0 atom stereocenters. The van der Waals surface area contributed by atoms with E-state index in [2.05, 4.69) is 31.2 Å². The molecule has 1 aliphatic rings. The molecule has 2 aromatic carbocycles. The molecular formula is C23H28N3O2S+. The Kier molecular flexibility index (Phi) is 6.64. The van der Waals surface area contributed by atoms with Crippen LogP contribution in [0.2, 0.25) is 0 Å². The van der Waals surface area contributed by atoms with Crippen LogP contribution in [0.5, 0.6) is 0 Å². The minimum Gasteiger partial charge on any atom is -0.370 e. The van der Waals surface area contributed by atoms with Crippen LogP contribution in [-0.2, 0) is 17.0 Å². The van der Waals surface area contributed by atoms with Crippen LogP contribution in [0.3, 0.4) is 0 Å². The van der Waals surface area contributed by atoms with Gasteiger partial charge in [0.05, 0.1) is 30.7 Å². The lowest BCUT2D eigenvalue weighted by Gasteiger charge is -2.24. The predicted octanol–water partition coefficient (Wildman–Crippen LogP) is 2.30. The first-order valence-corrected chi connectivity index (χ1v) is 11.3. The van der Waals surface area contributed by atoms with Gasteiger partial charge in [0.1, 0.15) is 13.1 Å². The summed E-state index contributed by atoms with van der Waals surface area (Å²) in [4.78, 5) is 19.6. The monoisotopic (exact) mass is 410 g/mol. The van der Waals surface area contributed by atoms with Crippen molar-refractivity contribution in [2.24, 2.45) is 0 Å². The molecule has 29 heavy (non-hydrogen) atoms.